The van der Waals surface area contributed by atoms with Gasteiger partial charge in [-0.15, -0.1) is 11.3 Å². The summed E-state index contributed by atoms with van der Waals surface area (Å²) >= 11 is 1.51. The number of nitrogens with zero attached hydrogens (tertiary/aromatic N) is 2. The van der Waals surface area contributed by atoms with E-state index >= 15 is 0 Å². The molecule has 2 rings (SSSR count). The predicted molar refractivity (Wildman–Crippen MR) is 85.3 cm³/mol. The Hall–Kier alpha value is -2.21. The molecular weight excluding hydrogens is 286 g/mol. The van der Waals surface area contributed by atoms with E-state index in [2.05, 4.69) is 15.5 Å². The first-order chi connectivity index (χ1) is 9.95. The molecule has 1 aromatic heterocycles. The van der Waals surface area contributed by atoms with Crippen LogP contribution in [0.1, 0.15) is 29.3 Å². The number of hydrogen-bond acceptors (Lipinski definition) is 6. The molecular formula is C15H17N3O2S. The summed E-state index contributed by atoms with van der Waals surface area (Å²) in [6, 6.07) is 3.65. The molecule has 5 nitrogen and oxygen atoms in total. The molecule has 0 bridgehead atoms. The maximum atomic E-state index is 11.0. The molecule has 0 saturated heterocycles. The number of ether oxygens (including phenoxy) is 1. The highest BCUT2D eigenvalue weighted by molar-refractivity contribution is 7.13. The number of benzene rings is 1. The average Bonchev–Trinajstić information content (AvgIpc) is 2.77. The van der Waals surface area contributed by atoms with Crippen molar-refractivity contribution in [3.8, 4) is 5.75 Å². The molecule has 1 N–H and O–H groups in total. The van der Waals surface area contributed by atoms with Crippen molar-refractivity contribution < 1.29 is 9.53 Å². The van der Waals surface area contributed by atoms with E-state index in [4.69, 9.17) is 4.74 Å². The molecule has 0 fully saturated rings. The molecule has 0 unspecified atom stereocenters. The molecule has 110 valence electrons. The van der Waals surface area contributed by atoms with Crippen LogP contribution in [0, 0.1) is 20.8 Å². The van der Waals surface area contributed by atoms with Crippen molar-refractivity contribution in [2.75, 3.05) is 5.43 Å². The van der Waals surface area contributed by atoms with E-state index in [1.165, 1.54) is 18.3 Å². The number of hydrogen-bond donors (Lipinski definition) is 1. The fourth-order valence-electron chi connectivity index (χ4n) is 1.92. The summed E-state index contributed by atoms with van der Waals surface area (Å²) in [7, 11) is 0. The van der Waals surface area contributed by atoms with Gasteiger partial charge in [0.25, 0.3) is 0 Å². The van der Waals surface area contributed by atoms with Gasteiger partial charge in [0, 0.05) is 17.9 Å². The molecule has 2 aromatic rings. The molecule has 1 aromatic carbocycles. The van der Waals surface area contributed by atoms with Crippen molar-refractivity contribution in [2.45, 2.75) is 27.7 Å². The lowest BCUT2D eigenvalue weighted by atomic mass is 10.0. The summed E-state index contributed by atoms with van der Waals surface area (Å²) < 4.78 is 5.10. The van der Waals surface area contributed by atoms with E-state index in [1.54, 1.807) is 6.21 Å². The third-order valence-electron chi connectivity index (χ3n) is 2.80. The van der Waals surface area contributed by atoms with Gasteiger partial charge in [-0.25, -0.2) is 4.98 Å². The maximum absolute atomic E-state index is 11.0. The van der Waals surface area contributed by atoms with Gasteiger partial charge in [-0.05, 0) is 44.0 Å². The molecule has 0 aliphatic rings. The van der Waals surface area contributed by atoms with Gasteiger partial charge in [-0.3, -0.25) is 10.2 Å². The van der Waals surface area contributed by atoms with Crippen LogP contribution >= 0.6 is 11.3 Å². The van der Waals surface area contributed by atoms with Crippen LogP contribution in [-0.2, 0) is 4.79 Å². The molecule has 0 aliphatic heterocycles. The Labute approximate surface area is 127 Å². The zero-order valence-electron chi connectivity index (χ0n) is 12.4. The highest BCUT2D eigenvalue weighted by atomic mass is 32.1. The van der Waals surface area contributed by atoms with Crippen molar-refractivity contribution in [1.29, 1.82) is 0 Å². The minimum Gasteiger partial charge on any atom is -0.427 e. The van der Waals surface area contributed by atoms with Crippen LogP contribution < -0.4 is 10.2 Å². The van der Waals surface area contributed by atoms with Gasteiger partial charge in [-0.2, -0.15) is 5.10 Å². The zero-order valence-corrected chi connectivity index (χ0v) is 13.2. The first-order valence-corrected chi connectivity index (χ1v) is 7.34. The standard InChI is InChI=1S/C15H17N3O2S/c1-9-5-13(20-12(4)19)6-10(2)14(9)7-16-18-15-17-11(3)8-21-15/h5-8H,1-4H3,(H,17,18). The Morgan fingerprint density at radius 3 is 2.52 bits per heavy atom. The second-order valence-corrected chi connectivity index (χ2v) is 5.59. The fraction of sp³-hybridized carbons (Fsp3) is 0.267. The average molecular weight is 303 g/mol. The summed E-state index contributed by atoms with van der Waals surface area (Å²) in [4.78, 5) is 15.3. The predicted octanol–water partition coefficient (Wildman–Crippen LogP) is 3.44. The smallest absolute Gasteiger partial charge is 0.308 e. The number of carbonyl (C=O) groups is 1. The SMILES string of the molecule is CC(=O)Oc1cc(C)c(C=NNc2nc(C)cs2)c(C)c1. The van der Waals surface area contributed by atoms with Crippen LogP contribution in [0.5, 0.6) is 5.75 Å². The normalized spacial score (nSPS) is 10.9. The fourth-order valence-corrected chi connectivity index (χ4v) is 2.56. The van der Waals surface area contributed by atoms with Crippen LogP contribution in [0.4, 0.5) is 5.13 Å². The van der Waals surface area contributed by atoms with E-state index in [0.29, 0.717) is 5.75 Å². The van der Waals surface area contributed by atoms with E-state index in [0.717, 1.165) is 27.5 Å². The number of aromatic nitrogens is 1. The molecule has 0 radical (unpaired) electrons. The van der Waals surface area contributed by atoms with E-state index in [1.807, 2.05) is 38.3 Å². The van der Waals surface area contributed by atoms with E-state index < -0.39 is 0 Å². The van der Waals surface area contributed by atoms with E-state index in [9.17, 15) is 4.79 Å². The first-order valence-electron chi connectivity index (χ1n) is 6.46. The van der Waals surface area contributed by atoms with Crippen LogP contribution in [-0.4, -0.2) is 17.2 Å². The Balaban J connectivity index is 2.14. The Bertz CT molecular complexity index is 669. The van der Waals surface area contributed by atoms with Gasteiger partial charge in [0.15, 0.2) is 0 Å². The second-order valence-electron chi connectivity index (χ2n) is 4.73. The lowest BCUT2D eigenvalue weighted by Crippen LogP contribution is -2.03. The number of anilines is 1. The number of esters is 1. The number of carbonyl (C=O) groups excluding carboxylic acids is 1. The quantitative estimate of drug-likeness (QED) is 0.407. The Kier molecular flexibility index (Phi) is 4.70. The summed E-state index contributed by atoms with van der Waals surface area (Å²) in [5.41, 5.74) is 6.85. The largest absolute Gasteiger partial charge is 0.427 e. The van der Waals surface area contributed by atoms with E-state index in [-0.39, 0.29) is 5.97 Å². The van der Waals surface area contributed by atoms with Crippen molar-refractivity contribution in [3.05, 3.63) is 39.9 Å². The van der Waals surface area contributed by atoms with Crippen molar-refractivity contribution >= 4 is 28.7 Å². The van der Waals surface area contributed by atoms with Gasteiger partial charge in [0.1, 0.15) is 5.75 Å². The summed E-state index contributed by atoms with van der Waals surface area (Å²) in [6.45, 7) is 7.23. The van der Waals surface area contributed by atoms with Crippen LogP contribution in [0.2, 0.25) is 0 Å². The minimum atomic E-state index is -0.323. The lowest BCUT2D eigenvalue weighted by Gasteiger charge is -2.08. The number of nitrogens with one attached hydrogen (secondary N) is 1. The molecule has 0 amide bonds. The topological polar surface area (TPSA) is 63.6 Å². The number of thiazole rings is 1. The summed E-state index contributed by atoms with van der Waals surface area (Å²) in [5.74, 6) is 0.231. The van der Waals surface area contributed by atoms with Crippen LogP contribution in [0.25, 0.3) is 0 Å². The van der Waals surface area contributed by atoms with Crippen molar-refractivity contribution in [3.63, 3.8) is 0 Å². The van der Waals surface area contributed by atoms with Crippen molar-refractivity contribution in [2.24, 2.45) is 5.10 Å². The second kappa shape index (κ2) is 6.49. The van der Waals surface area contributed by atoms with Gasteiger partial charge in [0.05, 0.1) is 11.9 Å². The Morgan fingerprint density at radius 1 is 1.33 bits per heavy atom. The Morgan fingerprint density at radius 2 is 2.00 bits per heavy atom. The molecule has 0 atom stereocenters. The molecule has 0 aliphatic carbocycles. The monoisotopic (exact) mass is 303 g/mol. The molecule has 21 heavy (non-hydrogen) atoms. The number of aryl methyl sites for hydroxylation is 3. The van der Waals surface area contributed by atoms with Gasteiger partial charge < -0.3 is 4.74 Å². The molecule has 1 heterocycles. The van der Waals surface area contributed by atoms with Gasteiger partial charge in [-0.1, -0.05) is 0 Å². The summed E-state index contributed by atoms with van der Waals surface area (Å²) in [6.07, 6.45) is 1.75. The summed E-state index contributed by atoms with van der Waals surface area (Å²) in [5, 5.41) is 6.92. The highest BCUT2D eigenvalue weighted by Gasteiger charge is 2.06. The van der Waals surface area contributed by atoms with Crippen molar-refractivity contribution in [1.82, 2.24) is 4.98 Å². The van der Waals surface area contributed by atoms with Crippen LogP contribution in [0.3, 0.4) is 0 Å². The first kappa shape index (κ1) is 15.2. The highest BCUT2D eigenvalue weighted by Crippen LogP contribution is 2.21. The molecule has 0 saturated carbocycles. The third kappa shape index (κ3) is 4.13. The molecule has 6 heteroatoms. The number of hydrazone groups is 1. The van der Waals surface area contributed by atoms with Gasteiger partial charge >= 0.3 is 5.97 Å². The van der Waals surface area contributed by atoms with Crippen LogP contribution in [0.15, 0.2) is 22.6 Å². The zero-order chi connectivity index (χ0) is 15.4. The molecule has 0 spiro atoms. The van der Waals surface area contributed by atoms with Gasteiger partial charge in [0.2, 0.25) is 5.13 Å². The third-order valence-corrected chi connectivity index (χ3v) is 3.67. The minimum absolute atomic E-state index is 0.323. The lowest BCUT2D eigenvalue weighted by molar-refractivity contribution is -0.131. The number of rotatable bonds is 4. The maximum Gasteiger partial charge on any atom is 0.308 e.